The van der Waals surface area contributed by atoms with Crippen molar-refractivity contribution < 1.29 is 19.4 Å². The lowest BCUT2D eigenvalue weighted by atomic mass is 9.64. The number of carbonyl (C=O) groups is 1. The minimum atomic E-state index is -0.859. The van der Waals surface area contributed by atoms with E-state index in [1.165, 1.54) is 0 Å². The highest BCUT2D eigenvalue weighted by atomic mass is 35.5. The van der Waals surface area contributed by atoms with Crippen molar-refractivity contribution in [2.75, 3.05) is 0 Å². The summed E-state index contributed by atoms with van der Waals surface area (Å²) in [5.74, 6) is -0.422. The average Bonchev–Trinajstić information content (AvgIpc) is 2.49. The summed E-state index contributed by atoms with van der Waals surface area (Å²) in [6.07, 6.45) is 2.14. The molecule has 0 saturated heterocycles. The topological polar surface area (TPSA) is 55.8 Å². The van der Waals surface area contributed by atoms with Gasteiger partial charge < -0.3 is 14.6 Å². The van der Waals surface area contributed by atoms with Crippen molar-refractivity contribution >= 4 is 17.6 Å². The van der Waals surface area contributed by atoms with Gasteiger partial charge in [-0.1, -0.05) is 18.0 Å². The minimum Gasteiger partial charge on any atom is -0.481 e. The van der Waals surface area contributed by atoms with Crippen LogP contribution in [-0.4, -0.2) is 16.9 Å². The molecule has 102 valence electrons. The van der Waals surface area contributed by atoms with Crippen molar-refractivity contribution in [1.29, 1.82) is 0 Å². The van der Waals surface area contributed by atoms with Gasteiger partial charge in [-0.2, -0.15) is 0 Å². The molecule has 1 aliphatic carbocycles. The third kappa shape index (κ3) is 1.77. The molecule has 3 rings (SSSR count). The molecule has 1 aromatic carbocycles. The zero-order valence-electron chi connectivity index (χ0n) is 10.8. The standard InChI is InChI=1S/C14H15ClO4/c1-13(2)18-10-6-8(9(15)7-11(10)19-13)14(12(16)17)4-3-5-14/h6-7H,3-5H2,1-2H3,(H,16,17). The van der Waals surface area contributed by atoms with Crippen LogP contribution in [0, 0.1) is 0 Å². The number of aliphatic carboxylic acids is 1. The number of benzene rings is 1. The smallest absolute Gasteiger partial charge is 0.314 e. The van der Waals surface area contributed by atoms with E-state index in [1.807, 2.05) is 0 Å². The van der Waals surface area contributed by atoms with Gasteiger partial charge in [-0.15, -0.1) is 0 Å². The van der Waals surface area contributed by atoms with Crippen molar-refractivity contribution in [2.45, 2.75) is 44.3 Å². The van der Waals surface area contributed by atoms with Gasteiger partial charge in [-0.25, -0.2) is 0 Å². The highest BCUT2D eigenvalue weighted by Crippen LogP contribution is 2.51. The maximum Gasteiger partial charge on any atom is 0.314 e. The molecular weight excluding hydrogens is 268 g/mol. The van der Waals surface area contributed by atoms with Crippen molar-refractivity contribution in [3.8, 4) is 11.5 Å². The molecule has 19 heavy (non-hydrogen) atoms. The Labute approximate surface area is 116 Å². The molecule has 0 atom stereocenters. The maximum atomic E-state index is 11.6. The molecule has 5 heteroatoms. The quantitative estimate of drug-likeness (QED) is 0.904. The predicted molar refractivity (Wildman–Crippen MR) is 70.0 cm³/mol. The van der Waals surface area contributed by atoms with E-state index in [9.17, 15) is 9.90 Å². The summed E-state index contributed by atoms with van der Waals surface area (Å²) in [7, 11) is 0. The Kier molecular flexibility index (Phi) is 2.52. The zero-order chi connectivity index (χ0) is 13.8. The van der Waals surface area contributed by atoms with Crippen LogP contribution in [0.3, 0.4) is 0 Å². The summed E-state index contributed by atoms with van der Waals surface area (Å²) in [5.41, 5.74) is -0.227. The SMILES string of the molecule is CC1(C)Oc2cc(Cl)c(C3(C(=O)O)CCC3)cc2O1. The van der Waals surface area contributed by atoms with Gasteiger partial charge in [-0.3, -0.25) is 4.79 Å². The Hall–Kier alpha value is -1.42. The highest BCUT2D eigenvalue weighted by Gasteiger charge is 2.48. The normalized spacial score (nSPS) is 21.8. The van der Waals surface area contributed by atoms with E-state index in [2.05, 4.69) is 0 Å². The van der Waals surface area contributed by atoms with Gasteiger partial charge >= 0.3 is 5.97 Å². The summed E-state index contributed by atoms with van der Waals surface area (Å²) in [6, 6.07) is 3.38. The summed E-state index contributed by atoms with van der Waals surface area (Å²) in [4.78, 5) is 11.6. The van der Waals surface area contributed by atoms with Gasteiger partial charge in [0, 0.05) is 24.9 Å². The van der Waals surface area contributed by atoms with Gasteiger partial charge in [-0.05, 0) is 24.5 Å². The fraction of sp³-hybridized carbons (Fsp3) is 0.500. The van der Waals surface area contributed by atoms with Gasteiger partial charge in [0.05, 0.1) is 5.41 Å². The first kappa shape index (κ1) is 12.6. The number of hydrogen-bond donors (Lipinski definition) is 1. The lowest BCUT2D eigenvalue weighted by Crippen LogP contribution is -2.42. The first-order valence-corrected chi connectivity index (χ1v) is 6.67. The van der Waals surface area contributed by atoms with E-state index in [-0.39, 0.29) is 0 Å². The molecule has 0 amide bonds. The van der Waals surface area contributed by atoms with E-state index < -0.39 is 17.2 Å². The summed E-state index contributed by atoms with van der Waals surface area (Å²) < 4.78 is 11.3. The second kappa shape index (κ2) is 3.79. The monoisotopic (exact) mass is 282 g/mol. The van der Waals surface area contributed by atoms with Gasteiger partial charge in [0.2, 0.25) is 5.79 Å². The van der Waals surface area contributed by atoms with E-state index in [0.717, 1.165) is 6.42 Å². The maximum absolute atomic E-state index is 11.6. The third-order valence-electron chi connectivity index (χ3n) is 3.88. The molecule has 1 heterocycles. The summed E-state index contributed by atoms with van der Waals surface area (Å²) in [5, 5.41) is 9.91. The lowest BCUT2D eigenvalue weighted by molar-refractivity contribution is -0.147. The largest absolute Gasteiger partial charge is 0.481 e. The van der Waals surface area contributed by atoms with Crippen LogP contribution in [0.4, 0.5) is 0 Å². The number of carboxylic acid groups (broad SMARTS) is 1. The Morgan fingerprint density at radius 1 is 1.26 bits per heavy atom. The number of rotatable bonds is 2. The molecule has 2 aliphatic rings. The summed E-state index contributed by atoms with van der Waals surface area (Å²) >= 11 is 6.24. The van der Waals surface area contributed by atoms with E-state index in [1.54, 1.807) is 26.0 Å². The van der Waals surface area contributed by atoms with Crippen LogP contribution < -0.4 is 9.47 Å². The fourth-order valence-electron chi connectivity index (χ4n) is 2.74. The molecule has 1 aromatic rings. The van der Waals surface area contributed by atoms with Crippen LogP contribution in [0.5, 0.6) is 11.5 Å². The highest BCUT2D eigenvalue weighted by molar-refractivity contribution is 6.32. The Bertz CT molecular complexity index is 561. The van der Waals surface area contributed by atoms with Crippen LogP contribution in [0.1, 0.15) is 38.7 Å². The molecule has 1 fully saturated rings. The molecular formula is C14H15ClO4. The number of hydrogen-bond acceptors (Lipinski definition) is 3. The van der Waals surface area contributed by atoms with Crippen molar-refractivity contribution in [3.63, 3.8) is 0 Å². The van der Waals surface area contributed by atoms with Gasteiger partial charge in [0.1, 0.15) is 0 Å². The van der Waals surface area contributed by atoms with Gasteiger partial charge in [0.15, 0.2) is 11.5 Å². The third-order valence-corrected chi connectivity index (χ3v) is 4.19. The average molecular weight is 283 g/mol. The fourth-order valence-corrected chi connectivity index (χ4v) is 3.08. The van der Waals surface area contributed by atoms with Crippen molar-refractivity contribution in [2.24, 2.45) is 0 Å². The van der Waals surface area contributed by atoms with Crippen LogP contribution in [0.25, 0.3) is 0 Å². The van der Waals surface area contributed by atoms with Crippen LogP contribution in [0.15, 0.2) is 12.1 Å². The minimum absolute atomic E-state index is 0.433. The van der Waals surface area contributed by atoms with Crippen LogP contribution in [0.2, 0.25) is 5.02 Å². The van der Waals surface area contributed by atoms with Crippen LogP contribution in [-0.2, 0) is 10.2 Å². The van der Waals surface area contributed by atoms with E-state index in [4.69, 9.17) is 21.1 Å². The van der Waals surface area contributed by atoms with Gasteiger partial charge in [0.25, 0.3) is 0 Å². The molecule has 1 aliphatic heterocycles. The zero-order valence-corrected chi connectivity index (χ0v) is 11.6. The van der Waals surface area contributed by atoms with E-state index in [0.29, 0.717) is 34.9 Å². The molecule has 0 aromatic heterocycles. The van der Waals surface area contributed by atoms with E-state index >= 15 is 0 Å². The summed E-state index contributed by atoms with van der Waals surface area (Å²) in [6.45, 7) is 3.60. The predicted octanol–water partition coefficient (Wildman–Crippen LogP) is 3.35. The molecule has 0 bridgehead atoms. The lowest BCUT2D eigenvalue weighted by Gasteiger charge is -2.38. The van der Waals surface area contributed by atoms with Crippen LogP contribution >= 0.6 is 11.6 Å². The molecule has 0 radical (unpaired) electrons. The Balaban J connectivity index is 2.08. The number of ether oxygens (including phenoxy) is 2. The molecule has 0 unspecified atom stereocenters. The Morgan fingerprint density at radius 3 is 2.32 bits per heavy atom. The molecule has 4 nitrogen and oxygen atoms in total. The Morgan fingerprint density at radius 2 is 1.84 bits per heavy atom. The first-order valence-electron chi connectivity index (χ1n) is 6.30. The second-order valence-corrected chi connectivity index (χ2v) is 6.03. The molecule has 1 saturated carbocycles. The number of fused-ring (bicyclic) bond motifs is 1. The first-order chi connectivity index (χ1) is 8.84. The van der Waals surface area contributed by atoms with Crippen molar-refractivity contribution in [3.05, 3.63) is 22.7 Å². The molecule has 0 spiro atoms. The number of carboxylic acids is 1. The van der Waals surface area contributed by atoms with Crippen molar-refractivity contribution in [1.82, 2.24) is 0 Å². The molecule has 1 N–H and O–H groups in total. The number of halogens is 1. The second-order valence-electron chi connectivity index (χ2n) is 5.62.